The first-order valence-electron chi connectivity index (χ1n) is 7.92. The number of benzene rings is 2. The molecule has 2 aromatic carbocycles. The number of ether oxygens (including phenoxy) is 2. The molecule has 0 spiro atoms. The fourth-order valence-electron chi connectivity index (χ4n) is 2.21. The van der Waals surface area contributed by atoms with E-state index >= 15 is 0 Å². The molecule has 2 aromatic rings. The van der Waals surface area contributed by atoms with Gasteiger partial charge in [0.25, 0.3) is 5.91 Å². The number of nitrogens with one attached hydrogen (secondary N) is 1. The fraction of sp³-hybridized carbons (Fsp3) is 0.105. The molecule has 1 aliphatic rings. The van der Waals surface area contributed by atoms with Crippen LogP contribution in [-0.4, -0.2) is 35.9 Å². The van der Waals surface area contributed by atoms with Gasteiger partial charge in [0.15, 0.2) is 11.8 Å². The number of hydrogen-bond donors (Lipinski definition) is 2. The Morgan fingerprint density at radius 2 is 1.81 bits per heavy atom. The van der Waals surface area contributed by atoms with Gasteiger partial charge in [-0.15, -0.1) is 0 Å². The number of carbonyl (C=O) groups excluding carboxylic acids is 1. The van der Waals surface area contributed by atoms with Crippen molar-refractivity contribution < 1.29 is 24.2 Å². The van der Waals surface area contributed by atoms with E-state index in [1.54, 1.807) is 61.7 Å². The van der Waals surface area contributed by atoms with Gasteiger partial charge >= 0.3 is 5.97 Å². The van der Waals surface area contributed by atoms with Gasteiger partial charge in [-0.1, -0.05) is 12.1 Å². The number of methoxy groups -OCH3 is 1. The van der Waals surface area contributed by atoms with E-state index in [9.17, 15) is 9.59 Å². The third-order valence-corrected chi connectivity index (χ3v) is 4.40. The van der Waals surface area contributed by atoms with Gasteiger partial charge in [0.2, 0.25) is 0 Å². The van der Waals surface area contributed by atoms with Crippen LogP contribution in [0.4, 0.5) is 5.69 Å². The van der Waals surface area contributed by atoms with E-state index in [0.717, 1.165) is 11.3 Å². The zero-order chi connectivity index (χ0) is 19.2. The summed E-state index contributed by atoms with van der Waals surface area (Å²) in [6.07, 6.45) is 1.73. The largest absolute Gasteiger partial charge is 0.497 e. The highest BCUT2D eigenvalue weighted by Crippen LogP contribution is 2.29. The molecule has 0 atom stereocenters. The maximum atomic E-state index is 12.1. The molecule has 3 rings (SSSR count). The Hall–Kier alpha value is -3.26. The van der Waals surface area contributed by atoms with Crippen molar-refractivity contribution in [2.24, 2.45) is 4.99 Å². The van der Waals surface area contributed by atoms with Crippen LogP contribution in [0.2, 0.25) is 0 Å². The first kappa shape index (κ1) is 18.5. The van der Waals surface area contributed by atoms with Gasteiger partial charge < -0.3 is 19.9 Å². The van der Waals surface area contributed by atoms with Crippen molar-refractivity contribution >= 4 is 40.6 Å². The third-order valence-electron chi connectivity index (χ3n) is 3.49. The summed E-state index contributed by atoms with van der Waals surface area (Å²) in [7, 11) is 1.59. The molecular formula is C19H16N2O5S. The SMILES string of the molecule is COc1ccc(N=C2NC(=O)/C(=C/c3ccc(OCC(=O)O)cc3)S2)cc1. The van der Waals surface area contributed by atoms with Gasteiger partial charge in [0, 0.05) is 0 Å². The molecule has 0 bridgehead atoms. The number of carbonyl (C=O) groups is 2. The van der Waals surface area contributed by atoms with Crippen molar-refractivity contribution in [1.29, 1.82) is 0 Å². The average Bonchev–Trinajstić information content (AvgIpc) is 3.00. The van der Waals surface area contributed by atoms with Crippen LogP contribution in [-0.2, 0) is 9.59 Å². The normalized spacial score (nSPS) is 16.4. The van der Waals surface area contributed by atoms with Crippen molar-refractivity contribution in [3.63, 3.8) is 0 Å². The Balaban J connectivity index is 1.69. The zero-order valence-corrected chi connectivity index (χ0v) is 15.2. The second-order valence-corrected chi connectivity index (χ2v) is 6.46. The number of nitrogens with zero attached hydrogens (tertiary/aromatic N) is 1. The highest BCUT2D eigenvalue weighted by atomic mass is 32.2. The summed E-state index contributed by atoms with van der Waals surface area (Å²) in [5.74, 6) is -0.0781. The van der Waals surface area contributed by atoms with Crippen molar-refractivity contribution in [1.82, 2.24) is 5.32 Å². The molecule has 8 heteroatoms. The molecule has 1 amide bonds. The first-order valence-corrected chi connectivity index (χ1v) is 8.73. The number of thioether (sulfide) groups is 1. The lowest BCUT2D eigenvalue weighted by molar-refractivity contribution is -0.139. The van der Waals surface area contributed by atoms with Gasteiger partial charge in [-0.2, -0.15) is 0 Å². The lowest BCUT2D eigenvalue weighted by atomic mass is 10.2. The van der Waals surface area contributed by atoms with Crippen LogP contribution < -0.4 is 14.8 Å². The predicted molar refractivity (Wildman–Crippen MR) is 103 cm³/mol. The monoisotopic (exact) mass is 384 g/mol. The summed E-state index contributed by atoms with van der Waals surface area (Å²) < 4.78 is 10.2. The molecule has 2 N–H and O–H groups in total. The third kappa shape index (κ3) is 5.11. The number of carboxylic acids is 1. The Morgan fingerprint density at radius 3 is 2.44 bits per heavy atom. The Bertz CT molecular complexity index is 905. The van der Waals surface area contributed by atoms with Crippen LogP contribution in [0.25, 0.3) is 6.08 Å². The Morgan fingerprint density at radius 1 is 1.15 bits per heavy atom. The van der Waals surface area contributed by atoms with Crippen molar-refractivity contribution in [2.75, 3.05) is 13.7 Å². The summed E-state index contributed by atoms with van der Waals surface area (Å²) in [4.78, 5) is 27.6. The highest BCUT2D eigenvalue weighted by Gasteiger charge is 2.23. The maximum absolute atomic E-state index is 12.1. The van der Waals surface area contributed by atoms with Gasteiger partial charge in [0.1, 0.15) is 11.5 Å². The molecule has 1 aliphatic heterocycles. The van der Waals surface area contributed by atoms with Crippen LogP contribution in [0.5, 0.6) is 11.5 Å². The molecule has 0 radical (unpaired) electrons. The van der Waals surface area contributed by atoms with Gasteiger partial charge in [-0.3, -0.25) is 4.79 Å². The van der Waals surface area contributed by atoms with E-state index in [2.05, 4.69) is 10.3 Å². The molecule has 0 aromatic heterocycles. The van der Waals surface area contributed by atoms with Crippen molar-refractivity contribution in [3.8, 4) is 11.5 Å². The number of amidine groups is 1. The lowest BCUT2D eigenvalue weighted by Crippen LogP contribution is -2.19. The molecule has 1 fully saturated rings. The van der Waals surface area contributed by atoms with E-state index in [4.69, 9.17) is 14.6 Å². The van der Waals surface area contributed by atoms with Crippen LogP contribution in [0.3, 0.4) is 0 Å². The number of carboxylic acid groups (broad SMARTS) is 1. The molecule has 0 saturated carbocycles. The number of amides is 1. The molecule has 0 aliphatic carbocycles. The quantitative estimate of drug-likeness (QED) is 0.743. The lowest BCUT2D eigenvalue weighted by Gasteiger charge is -2.03. The second kappa shape index (κ2) is 8.41. The minimum atomic E-state index is -1.04. The van der Waals surface area contributed by atoms with E-state index in [1.807, 2.05) is 0 Å². The van der Waals surface area contributed by atoms with E-state index < -0.39 is 12.6 Å². The van der Waals surface area contributed by atoms with Gasteiger partial charge in [-0.05, 0) is 59.8 Å². The van der Waals surface area contributed by atoms with E-state index in [1.165, 1.54) is 11.8 Å². The molecular weight excluding hydrogens is 368 g/mol. The number of hydrogen-bond acceptors (Lipinski definition) is 6. The average molecular weight is 384 g/mol. The predicted octanol–water partition coefficient (Wildman–Crippen LogP) is 3.05. The molecule has 138 valence electrons. The van der Waals surface area contributed by atoms with Crippen LogP contribution in [0.1, 0.15) is 5.56 Å². The summed E-state index contributed by atoms with van der Waals surface area (Å²) in [5.41, 5.74) is 1.50. The van der Waals surface area contributed by atoms with Crippen LogP contribution in [0, 0.1) is 0 Å². The number of aliphatic carboxylic acids is 1. The van der Waals surface area contributed by atoms with E-state index in [-0.39, 0.29) is 5.91 Å². The summed E-state index contributed by atoms with van der Waals surface area (Å²) in [5, 5.41) is 11.8. The molecule has 27 heavy (non-hydrogen) atoms. The Labute approximate surface area is 159 Å². The van der Waals surface area contributed by atoms with Gasteiger partial charge in [0.05, 0.1) is 17.7 Å². The number of aliphatic imine (C=N–C) groups is 1. The fourth-order valence-corrected chi connectivity index (χ4v) is 3.05. The highest BCUT2D eigenvalue weighted by molar-refractivity contribution is 8.18. The summed E-state index contributed by atoms with van der Waals surface area (Å²) in [6.45, 7) is -0.399. The standard InChI is InChI=1S/C19H16N2O5S/c1-25-14-8-4-13(5-9-14)20-19-21-18(24)16(27-19)10-12-2-6-15(7-3-12)26-11-17(22)23/h2-10H,11H2,1H3,(H,22,23)(H,20,21,24)/b16-10-. The topological polar surface area (TPSA) is 97.2 Å². The first-order chi connectivity index (χ1) is 13.0. The zero-order valence-electron chi connectivity index (χ0n) is 14.3. The second-order valence-electron chi connectivity index (χ2n) is 5.43. The molecule has 0 unspecified atom stereocenters. The van der Waals surface area contributed by atoms with Crippen molar-refractivity contribution in [3.05, 3.63) is 59.0 Å². The minimum absolute atomic E-state index is 0.224. The summed E-state index contributed by atoms with van der Waals surface area (Å²) in [6, 6.07) is 14.0. The molecule has 1 saturated heterocycles. The molecule has 7 nitrogen and oxygen atoms in total. The Kier molecular flexibility index (Phi) is 5.77. The smallest absolute Gasteiger partial charge is 0.341 e. The van der Waals surface area contributed by atoms with Crippen molar-refractivity contribution in [2.45, 2.75) is 0 Å². The maximum Gasteiger partial charge on any atom is 0.341 e. The van der Waals surface area contributed by atoms with Gasteiger partial charge in [-0.25, -0.2) is 9.79 Å². The van der Waals surface area contributed by atoms with Crippen LogP contribution >= 0.6 is 11.8 Å². The number of rotatable bonds is 6. The van der Waals surface area contributed by atoms with E-state index in [0.29, 0.717) is 21.5 Å². The molecule has 1 heterocycles. The summed E-state index contributed by atoms with van der Waals surface area (Å²) >= 11 is 1.25. The minimum Gasteiger partial charge on any atom is -0.497 e. The van der Waals surface area contributed by atoms with Crippen LogP contribution in [0.15, 0.2) is 58.4 Å².